The number of hydrogen-bond donors (Lipinski definition) is 2. The average molecular weight is 267 g/mol. The van der Waals surface area contributed by atoms with Crippen molar-refractivity contribution in [1.29, 1.82) is 0 Å². The lowest BCUT2D eigenvalue weighted by molar-refractivity contribution is -0.163. The van der Waals surface area contributed by atoms with Crippen LogP contribution in [0.15, 0.2) is 5.16 Å². The van der Waals surface area contributed by atoms with Crippen molar-refractivity contribution >= 4 is 5.84 Å². The van der Waals surface area contributed by atoms with Crippen LogP contribution in [0.4, 0.5) is 13.2 Å². The summed E-state index contributed by atoms with van der Waals surface area (Å²) in [6.45, 7) is 3.58. The molecule has 0 aromatic heterocycles. The van der Waals surface area contributed by atoms with Crippen LogP contribution >= 0.6 is 0 Å². The van der Waals surface area contributed by atoms with Gasteiger partial charge in [-0.05, 0) is 26.7 Å². The van der Waals surface area contributed by atoms with Crippen LogP contribution in [-0.4, -0.2) is 40.7 Å². The summed E-state index contributed by atoms with van der Waals surface area (Å²) in [6, 6.07) is 0.176. The Morgan fingerprint density at radius 1 is 1.39 bits per heavy atom. The Labute approximate surface area is 105 Å². The fraction of sp³-hybridized carbons (Fsp3) is 0.909. The summed E-state index contributed by atoms with van der Waals surface area (Å²) in [6.07, 6.45) is -1.71. The summed E-state index contributed by atoms with van der Waals surface area (Å²) >= 11 is 0. The van der Waals surface area contributed by atoms with E-state index >= 15 is 0 Å². The van der Waals surface area contributed by atoms with E-state index in [0.29, 0.717) is 0 Å². The molecule has 18 heavy (non-hydrogen) atoms. The van der Waals surface area contributed by atoms with Crippen molar-refractivity contribution in [2.75, 3.05) is 6.54 Å². The van der Waals surface area contributed by atoms with Crippen molar-refractivity contribution in [2.45, 2.75) is 51.4 Å². The molecule has 1 aliphatic heterocycles. The quantitative estimate of drug-likeness (QED) is 0.356. The second-order valence-electron chi connectivity index (χ2n) is 4.94. The summed E-state index contributed by atoms with van der Waals surface area (Å²) in [4.78, 5) is 1.79. The van der Waals surface area contributed by atoms with Crippen LogP contribution in [0.25, 0.3) is 0 Å². The van der Waals surface area contributed by atoms with Crippen molar-refractivity contribution in [2.24, 2.45) is 16.8 Å². The molecule has 0 amide bonds. The minimum absolute atomic E-state index is 0.0880. The first-order chi connectivity index (χ1) is 8.27. The molecule has 3 atom stereocenters. The average Bonchev–Trinajstić information content (AvgIpc) is 2.26. The SMILES string of the molecule is C[C@@H]1CCC[C@H](C)N1CC(C(N)=NO)C(F)(F)F. The highest BCUT2D eigenvalue weighted by Crippen LogP contribution is 2.31. The van der Waals surface area contributed by atoms with Crippen molar-refractivity contribution in [1.82, 2.24) is 4.90 Å². The van der Waals surface area contributed by atoms with Crippen LogP contribution in [0.3, 0.4) is 0 Å². The fourth-order valence-corrected chi connectivity index (χ4v) is 2.48. The Bertz CT molecular complexity index is 296. The summed E-state index contributed by atoms with van der Waals surface area (Å²) in [5, 5.41) is 11.0. The molecule has 1 saturated heterocycles. The topological polar surface area (TPSA) is 61.8 Å². The van der Waals surface area contributed by atoms with Crippen molar-refractivity contribution in [3.05, 3.63) is 0 Å². The maximum atomic E-state index is 12.9. The monoisotopic (exact) mass is 267 g/mol. The van der Waals surface area contributed by atoms with Crippen LogP contribution in [0, 0.1) is 5.92 Å². The van der Waals surface area contributed by atoms with Crippen LogP contribution in [0.1, 0.15) is 33.1 Å². The largest absolute Gasteiger partial charge is 0.409 e. The van der Waals surface area contributed by atoms with Gasteiger partial charge in [-0.3, -0.25) is 4.90 Å². The van der Waals surface area contributed by atoms with Crippen molar-refractivity contribution in [3.8, 4) is 0 Å². The third-order valence-corrected chi connectivity index (χ3v) is 3.64. The number of oxime groups is 1. The van der Waals surface area contributed by atoms with Gasteiger partial charge in [-0.1, -0.05) is 11.6 Å². The van der Waals surface area contributed by atoms with Crippen molar-refractivity contribution in [3.63, 3.8) is 0 Å². The molecule has 1 heterocycles. The van der Waals surface area contributed by atoms with Gasteiger partial charge in [0.1, 0.15) is 5.92 Å². The smallest absolute Gasteiger partial charge is 0.400 e. The predicted molar refractivity (Wildman–Crippen MR) is 62.4 cm³/mol. The molecule has 4 nitrogen and oxygen atoms in total. The van der Waals surface area contributed by atoms with Gasteiger partial charge in [0.25, 0.3) is 0 Å². The Hall–Kier alpha value is -0.980. The molecule has 0 spiro atoms. The van der Waals surface area contributed by atoms with E-state index in [4.69, 9.17) is 10.9 Å². The number of amidine groups is 1. The molecule has 3 N–H and O–H groups in total. The van der Waals surface area contributed by atoms with E-state index in [1.165, 1.54) is 0 Å². The maximum absolute atomic E-state index is 12.9. The molecule has 0 bridgehead atoms. The molecular formula is C11H20F3N3O. The standard InChI is InChI=1S/C11H20F3N3O/c1-7-4-3-5-8(2)17(7)6-9(10(15)16-18)11(12,13)14/h7-9,18H,3-6H2,1-2H3,(H2,15,16)/t7-,8+,9?. The van der Waals surface area contributed by atoms with Gasteiger partial charge in [0.15, 0.2) is 5.84 Å². The molecular weight excluding hydrogens is 247 g/mol. The molecule has 0 saturated carbocycles. The third-order valence-electron chi connectivity index (χ3n) is 3.64. The second-order valence-corrected chi connectivity index (χ2v) is 4.94. The third kappa shape index (κ3) is 3.51. The van der Waals surface area contributed by atoms with E-state index in [1.807, 2.05) is 13.8 Å². The first-order valence-corrected chi connectivity index (χ1v) is 6.07. The maximum Gasteiger partial charge on any atom is 0.400 e. The van der Waals surface area contributed by atoms with Crippen LogP contribution < -0.4 is 5.73 Å². The van der Waals surface area contributed by atoms with E-state index in [9.17, 15) is 13.2 Å². The van der Waals surface area contributed by atoms with E-state index in [1.54, 1.807) is 4.90 Å². The summed E-state index contributed by atoms with van der Waals surface area (Å²) < 4.78 is 38.6. The van der Waals surface area contributed by atoms with Gasteiger partial charge >= 0.3 is 6.18 Å². The molecule has 106 valence electrons. The van der Waals surface area contributed by atoms with Crippen LogP contribution in [0.2, 0.25) is 0 Å². The van der Waals surface area contributed by atoms with Crippen LogP contribution in [0.5, 0.6) is 0 Å². The van der Waals surface area contributed by atoms with Gasteiger partial charge in [-0.2, -0.15) is 13.2 Å². The number of nitrogens with two attached hydrogens (primary N) is 1. The number of likely N-dealkylation sites (tertiary alicyclic amines) is 1. The molecule has 1 fully saturated rings. The Kier molecular flexibility index (Phi) is 4.84. The van der Waals surface area contributed by atoms with Gasteiger partial charge in [-0.25, -0.2) is 0 Å². The first kappa shape index (κ1) is 15.1. The van der Waals surface area contributed by atoms with Crippen molar-refractivity contribution < 1.29 is 18.4 Å². The summed E-state index contributed by atoms with van der Waals surface area (Å²) in [5.74, 6) is -2.68. The number of halogens is 3. The molecule has 1 aliphatic rings. The van der Waals surface area contributed by atoms with E-state index in [0.717, 1.165) is 19.3 Å². The molecule has 1 unspecified atom stereocenters. The van der Waals surface area contributed by atoms with Gasteiger partial charge in [0.05, 0.1) is 0 Å². The second kappa shape index (κ2) is 5.77. The lowest BCUT2D eigenvalue weighted by Crippen LogP contribution is -2.51. The normalized spacial score (nSPS) is 29.3. The van der Waals surface area contributed by atoms with Gasteiger partial charge in [0, 0.05) is 18.6 Å². The van der Waals surface area contributed by atoms with Gasteiger partial charge in [-0.15, -0.1) is 0 Å². The zero-order chi connectivity index (χ0) is 13.9. The Morgan fingerprint density at radius 2 is 1.89 bits per heavy atom. The fourth-order valence-electron chi connectivity index (χ4n) is 2.48. The number of hydrogen-bond acceptors (Lipinski definition) is 3. The number of rotatable bonds is 3. The summed E-state index contributed by atoms with van der Waals surface area (Å²) in [5.41, 5.74) is 5.16. The van der Waals surface area contributed by atoms with E-state index in [-0.39, 0.29) is 18.6 Å². The Morgan fingerprint density at radius 3 is 2.28 bits per heavy atom. The lowest BCUT2D eigenvalue weighted by atomic mass is 9.95. The number of nitrogens with zero attached hydrogens (tertiary/aromatic N) is 2. The zero-order valence-corrected chi connectivity index (χ0v) is 10.6. The van der Waals surface area contributed by atoms with E-state index < -0.39 is 17.9 Å². The zero-order valence-electron chi connectivity index (χ0n) is 10.6. The summed E-state index contributed by atoms with van der Waals surface area (Å²) in [7, 11) is 0. The first-order valence-electron chi connectivity index (χ1n) is 6.07. The minimum Gasteiger partial charge on any atom is -0.409 e. The lowest BCUT2D eigenvalue weighted by Gasteiger charge is -2.40. The highest BCUT2D eigenvalue weighted by Gasteiger charge is 2.45. The Balaban J connectivity index is 2.82. The number of piperidine rings is 1. The molecule has 0 radical (unpaired) electrons. The number of alkyl halides is 3. The highest BCUT2D eigenvalue weighted by molar-refractivity contribution is 5.83. The molecule has 0 aromatic rings. The molecule has 0 aliphatic carbocycles. The molecule has 7 heteroatoms. The van der Waals surface area contributed by atoms with Gasteiger partial charge in [0.2, 0.25) is 0 Å². The highest BCUT2D eigenvalue weighted by atomic mass is 19.4. The van der Waals surface area contributed by atoms with Gasteiger partial charge < -0.3 is 10.9 Å². The minimum atomic E-state index is -4.49. The van der Waals surface area contributed by atoms with Crippen LogP contribution in [-0.2, 0) is 0 Å². The molecule has 0 aromatic carbocycles. The predicted octanol–water partition coefficient (Wildman–Crippen LogP) is 2.17. The molecule has 1 rings (SSSR count). The van der Waals surface area contributed by atoms with E-state index in [2.05, 4.69) is 5.16 Å².